The van der Waals surface area contributed by atoms with Crippen LogP contribution in [0.2, 0.25) is 0 Å². The summed E-state index contributed by atoms with van der Waals surface area (Å²) in [6, 6.07) is 6.58. The molecule has 37 heavy (non-hydrogen) atoms. The molecule has 10 nitrogen and oxygen atoms in total. The van der Waals surface area contributed by atoms with Gasteiger partial charge in [0.2, 0.25) is 11.3 Å². The highest BCUT2D eigenvalue weighted by atomic mass is 32.1. The number of carboxylic acid groups (broad SMARTS) is 1. The first-order chi connectivity index (χ1) is 17.9. The van der Waals surface area contributed by atoms with Gasteiger partial charge in [0.1, 0.15) is 11.4 Å². The lowest BCUT2D eigenvalue weighted by Gasteiger charge is -2.36. The van der Waals surface area contributed by atoms with E-state index in [9.17, 15) is 14.7 Å². The number of carbonyl (C=O) groups is 1. The Balaban J connectivity index is 1.22. The minimum Gasteiger partial charge on any atom is -0.477 e. The van der Waals surface area contributed by atoms with Crippen molar-refractivity contribution in [2.75, 3.05) is 31.1 Å². The molecule has 190 valence electrons. The van der Waals surface area contributed by atoms with Gasteiger partial charge in [-0.15, -0.1) is 5.10 Å². The molecule has 12 heteroatoms. The quantitative estimate of drug-likeness (QED) is 0.380. The Morgan fingerprint density at radius 1 is 1.16 bits per heavy atom. The van der Waals surface area contributed by atoms with E-state index in [0.717, 1.165) is 18.4 Å². The lowest BCUT2D eigenvalue weighted by Crippen LogP contribution is -2.47. The number of halogens is 1. The van der Waals surface area contributed by atoms with Crippen LogP contribution in [-0.2, 0) is 6.67 Å². The lowest BCUT2D eigenvalue weighted by molar-refractivity contribution is 0.0695. The largest absolute Gasteiger partial charge is 0.477 e. The first kappa shape index (κ1) is 23.5. The molecule has 1 aromatic carbocycles. The Morgan fingerprint density at radius 2 is 1.89 bits per heavy atom. The molecule has 1 saturated carbocycles. The normalized spacial score (nSPS) is 16.4. The zero-order valence-corrected chi connectivity index (χ0v) is 20.5. The van der Waals surface area contributed by atoms with Gasteiger partial charge in [0.15, 0.2) is 0 Å². The molecular weight excluding hydrogens is 499 g/mol. The topological polar surface area (TPSA) is 110 Å². The fourth-order valence-corrected chi connectivity index (χ4v) is 4.91. The van der Waals surface area contributed by atoms with Gasteiger partial charge in [0, 0.05) is 61.8 Å². The molecule has 2 fully saturated rings. The van der Waals surface area contributed by atoms with Crippen LogP contribution in [0.15, 0.2) is 52.1 Å². The molecule has 0 radical (unpaired) electrons. The molecule has 0 spiro atoms. The fourth-order valence-electron chi connectivity index (χ4n) is 4.73. The molecule has 0 unspecified atom stereocenters. The van der Waals surface area contributed by atoms with Crippen molar-refractivity contribution in [2.24, 2.45) is 0 Å². The number of aromatic carboxylic acids is 1. The van der Waals surface area contributed by atoms with Gasteiger partial charge in [-0.1, -0.05) is 0 Å². The van der Waals surface area contributed by atoms with Crippen molar-refractivity contribution in [1.82, 2.24) is 24.2 Å². The summed E-state index contributed by atoms with van der Waals surface area (Å²) in [4.78, 5) is 32.7. The molecule has 3 aromatic heterocycles. The zero-order chi connectivity index (χ0) is 25.7. The average molecular weight is 523 g/mol. The van der Waals surface area contributed by atoms with Crippen LogP contribution in [0, 0.1) is 10.7 Å². The monoisotopic (exact) mass is 522 g/mol. The van der Waals surface area contributed by atoms with Crippen LogP contribution in [-0.4, -0.2) is 61.5 Å². The molecule has 1 N–H and O–H groups in total. The summed E-state index contributed by atoms with van der Waals surface area (Å²) in [6.07, 6.45) is 6.51. The maximum Gasteiger partial charge on any atom is 0.341 e. The van der Waals surface area contributed by atoms with Crippen LogP contribution < -0.4 is 10.3 Å². The minimum absolute atomic E-state index is 0.0945. The van der Waals surface area contributed by atoms with Gasteiger partial charge < -0.3 is 19.0 Å². The smallest absolute Gasteiger partial charge is 0.341 e. The highest BCUT2D eigenvalue weighted by Crippen LogP contribution is 2.38. The van der Waals surface area contributed by atoms with Crippen molar-refractivity contribution < 1.29 is 18.7 Å². The van der Waals surface area contributed by atoms with Gasteiger partial charge in [-0.25, -0.2) is 13.9 Å². The number of fused-ring (bicyclic) bond motifs is 1. The highest BCUT2D eigenvalue weighted by Gasteiger charge is 2.28. The van der Waals surface area contributed by atoms with Crippen molar-refractivity contribution >= 4 is 34.8 Å². The number of rotatable bonds is 6. The summed E-state index contributed by atoms with van der Waals surface area (Å²) < 4.78 is 24.3. The number of hydrogen-bond donors (Lipinski definition) is 1. The Bertz CT molecular complexity index is 1620. The molecule has 1 aliphatic heterocycles. The Kier molecular flexibility index (Phi) is 5.84. The van der Waals surface area contributed by atoms with Crippen LogP contribution >= 0.6 is 12.2 Å². The summed E-state index contributed by atoms with van der Waals surface area (Å²) in [5, 5.41) is 14.0. The third-order valence-corrected chi connectivity index (χ3v) is 7.15. The van der Waals surface area contributed by atoms with E-state index in [-0.39, 0.29) is 21.8 Å². The summed E-state index contributed by atoms with van der Waals surface area (Å²) in [7, 11) is 0. The molecular formula is C25H23FN6O4S. The number of benzene rings is 1. The number of piperazine rings is 1. The third-order valence-electron chi connectivity index (χ3n) is 6.85. The number of nitrogens with zero attached hydrogens (tertiary/aromatic N) is 6. The first-order valence-electron chi connectivity index (χ1n) is 12.0. The molecule has 4 aromatic rings. The summed E-state index contributed by atoms with van der Waals surface area (Å²) >= 11 is 5.34. The van der Waals surface area contributed by atoms with E-state index in [1.54, 1.807) is 35.3 Å². The maximum atomic E-state index is 15.2. The van der Waals surface area contributed by atoms with Crippen LogP contribution in [0.25, 0.3) is 22.4 Å². The third kappa shape index (κ3) is 4.42. The summed E-state index contributed by atoms with van der Waals surface area (Å²) in [5.41, 5.74) is 0.761. The fraction of sp³-hybridized carbons (Fsp3) is 0.320. The summed E-state index contributed by atoms with van der Waals surface area (Å²) in [5.74, 6) is -1.41. The van der Waals surface area contributed by atoms with Crippen LogP contribution in [0.5, 0.6) is 0 Å². The zero-order valence-electron chi connectivity index (χ0n) is 19.7. The summed E-state index contributed by atoms with van der Waals surface area (Å²) in [6.45, 7) is 2.85. The Morgan fingerprint density at radius 3 is 2.57 bits per heavy atom. The number of hydrogen-bond acceptors (Lipinski definition) is 8. The second-order valence-electron chi connectivity index (χ2n) is 9.29. The van der Waals surface area contributed by atoms with Gasteiger partial charge in [0.05, 0.1) is 17.9 Å². The Hall–Kier alpha value is -3.90. The highest BCUT2D eigenvalue weighted by molar-refractivity contribution is 7.71. The van der Waals surface area contributed by atoms with E-state index in [0.29, 0.717) is 49.9 Å². The van der Waals surface area contributed by atoms with E-state index in [1.807, 2.05) is 9.47 Å². The van der Waals surface area contributed by atoms with Crippen LogP contribution in [0.1, 0.15) is 29.2 Å². The van der Waals surface area contributed by atoms with Crippen molar-refractivity contribution in [3.8, 4) is 11.5 Å². The molecule has 0 bridgehead atoms. The van der Waals surface area contributed by atoms with Gasteiger partial charge in [-0.3, -0.25) is 14.7 Å². The molecule has 2 aliphatic rings. The molecule has 6 rings (SSSR count). The van der Waals surface area contributed by atoms with Crippen LogP contribution in [0.4, 0.5) is 10.1 Å². The van der Waals surface area contributed by atoms with E-state index in [2.05, 4.69) is 15.0 Å². The first-order valence-corrected chi connectivity index (χ1v) is 12.4. The van der Waals surface area contributed by atoms with E-state index in [4.69, 9.17) is 16.6 Å². The lowest BCUT2D eigenvalue weighted by atomic mass is 10.1. The molecule has 0 atom stereocenters. The minimum atomic E-state index is -1.30. The van der Waals surface area contributed by atoms with Crippen molar-refractivity contribution in [3.63, 3.8) is 0 Å². The average Bonchev–Trinajstić information content (AvgIpc) is 3.68. The van der Waals surface area contributed by atoms with Gasteiger partial charge in [0.25, 0.3) is 4.84 Å². The van der Waals surface area contributed by atoms with Gasteiger partial charge in [-0.05, 0) is 49.3 Å². The predicted octanol–water partition coefficient (Wildman–Crippen LogP) is 3.53. The number of carboxylic acids is 1. The predicted molar refractivity (Wildman–Crippen MR) is 136 cm³/mol. The van der Waals surface area contributed by atoms with Gasteiger partial charge in [-0.2, -0.15) is 0 Å². The van der Waals surface area contributed by atoms with E-state index >= 15 is 4.39 Å². The molecule has 1 saturated heterocycles. The SMILES string of the molecule is O=C(O)c1cn(C2CC2)c2cc(N3CCN(Cn4nc(-c5ccncc5)oc4=S)CC3)c(F)cc2c1=O. The Labute approximate surface area is 215 Å². The molecule has 4 heterocycles. The van der Waals surface area contributed by atoms with Crippen molar-refractivity contribution in [1.29, 1.82) is 0 Å². The van der Waals surface area contributed by atoms with Crippen molar-refractivity contribution in [3.05, 3.63) is 69.3 Å². The standard InChI is InChI=1S/C25H23FN6O4S/c26-19-11-17-20(31(16-1-2-16)13-18(22(17)33)24(34)35)12-21(19)30-9-7-29(8-10-30)14-32-25(37)36-23(28-32)15-3-5-27-6-4-15/h3-6,11-13,16H,1-2,7-10,14H2,(H,34,35). The number of aromatic nitrogens is 4. The maximum absolute atomic E-state index is 15.2. The van der Waals surface area contributed by atoms with E-state index < -0.39 is 17.2 Å². The number of pyridine rings is 2. The van der Waals surface area contributed by atoms with Crippen molar-refractivity contribution in [2.45, 2.75) is 25.6 Å². The second kappa shape index (κ2) is 9.20. The second-order valence-corrected chi connectivity index (χ2v) is 9.64. The number of anilines is 1. The molecule has 1 aliphatic carbocycles. The van der Waals surface area contributed by atoms with Crippen LogP contribution in [0.3, 0.4) is 0 Å². The van der Waals surface area contributed by atoms with Gasteiger partial charge >= 0.3 is 5.97 Å². The molecule has 0 amide bonds. The van der Waals surface area contributed by atoms with E-state index in [1.165, 1.54) is 12.3 Å².